The molecule has 0 fully saturated rings. The minimum Gasteiger partial charge on any atom is -0.481 e. The predicted molar refractivity (Wildman–Crippen MR) is 121 cm³/mol. The highest BCUT2D eigenvalue weighted by Crippen LogP contribution is 2.57. The van der Waals surface area contributed by atoms with Crippen molar-refractivity contribution in [2.45, 2.75) is 59.8 Å². The molecule has 2 unspecified atom stereocenters. The standard InChI is InChI=1S/C24H33NO4S/c1-16(17-7-9-18(10-8-17)25-30(6,28)29)24(21(26)27)12-11-19-20(15-24)23(4,5)14-13-22(19,2)3/h7-12,16,25H,13-15H2,1-6H3,(H,26,27). The van der Waals surface area contributed by atoms with Crippen molar-refractivity contribution in [3.05, 3.63) is 53.1 Å². The van der Waals surface area contributed by atoms with Crippen molar-refractivity contribution in [3.63, 3.8) is 0 Å². The van der Waals surface area contributed by atoms with Crippen LogP contribution in [0.3, 0.4) is 0 Å². The van der Waals surface area contributed by atoms with E-state index in [-0.39, 0.29) is 16.7 Å². The molecule has 0 amide bonds. The number of sulfonamides is 1. The van der Waals surface area contributed by atoms with Gasteiger partial charge in [-0.1, -0.05) is 64.5 Å². The number of carboxylic acid groups (broad SMARTS) is 1. The number of aliphatic carboxylic acids is 1. The highest BCUT2D eigenvalue weighted by atomic mass is 32.2. The predicted octanol–water partition coefficient (Wildman–Crippen LogP) is 5.34. The second-order valence-corrected chi connectivity index (χ2v) is 12.0. The highest BCUT2D eigenvalue weighted by molar-refractivity contribution is 7.92. The van der Waals surface area contributed by atoms with E-state index in [0.717, 1.165) is 24.7 Å². The van der Waals surface area contributed by atoms with Crippen LogP contribution in [0.15, 0.2) is 47.6 Å². The summed E-state index contributed by atoms with van der Waals surface area (Å²) in [5.41, 5.74) is 2.87. The van der Waals surface area contributed by atoms with Crippen molar-refractivity contribution < 1.29 is 18.3 Å². The highest BCUT2D eigenvalue weighted by Gasteiger charge is 2.50. The van der Waals surface area contributed by atoms with Crippen LogP contribution >= 0.6 is 0 Å². The van der Waals surface area contributed by atoms with E-state index in [9.17, 15) is 18.3 Å². The summed E-state index contributed by atoms with van der Waals surface area (Å²) in [5, 5.41) is 10.4. The summed E-state index contributed by atoms with van der Waals surface area (Å²) >= 11 is 0. The Morgan fingerprint density at radius 2 is 1.63 bits per heavy atom. The van der Waals surface area contributed by atoms with E-state index in [4.69, 9.17) is 0 Å². The molecule has 0 saturated carbocycles. The first-order valence-corrected chi connectivity index (χ1v) is 12.3. The third kappa shape index (κ3) is 4.07. The molecule has 2 aliphatic carbocycles. The van der Waals surface area contributed by atoms with Gasteiger partial charge in [0.1, 0.15) is 0 Å². The van der Waals surface area contributed by atoms with Gasteiger partial charge in [0.05, 0.1) is 11.7 Å². The van der Waals surface area contributed by atoms with Crippen LogP contribution in [0.4, 0.5) is 5.69 Å². The Morgan fingerprint density at radius 1 is 1.07 bits per heavy atom. The number of rotatable bonds is 5. The molecular weight excluding hydrogens is 398 g/mol. The maximum Gasteiger partial charge on any atom is 0.314 e. The van der Waals surface area contributed by atoms with Crippen LogP contribution in [0.5, 0.6) is 0 Å². The molecule has 30 heavy (non-hydrogen) atoms. The van der Waals surface area contributed by atoms with Gasteiger partial charge in [0.15, 0.2) is 0 Å². The van der Waals surface area contributed by atoms with Crippen LogP contribution in [-0.4, -0.2) is 25.7 Å². The number of nitrogens with one attached hydrogen (secondary N) is 1. The third-order valence-electron chi connectivity index (χ3n) is 7.15. The fraction of sp³-hybridized carbons (Fsp3) is 0.542. The van der Waals surface area contributed by atoms with Crippen molar-refractivity contribution in [3.8, 4) is 0 Å². The monoisotopic (exact) mass is 431 g/mol. The smallest absolute Gasteiger partial charge is 0.314 e. The zero-order valence-electron chi connectivity index (χ0n) is 18.7. The van der Waals surface area contributed by atoms with Crippen molar-refractivity contribution in [1.29, 1.82) is 0 Å². The number of carbonyl (C=O) groups is 1. The Balaban J connectivity index is 2.00. The fourth-order valence-electron chi connectivity index (χ4n) is 4.91. The van der Waals surface area contributed by atoms with E-state index in [1.54, 1.807) is 12.1 Å². The summed E-state index contributed by atoms with van der Waals surface area (Å²) in [7, 11) is -3.36. The van der Waals surface area contributed by atoms with Crippen LogP contribution in [-0.2, 0) is 14.8 Å². The summed E-state index contributed by atoms with van der Waals surface area (Å²) in [6.07, 6.45) is 7.69. The first-order chi connectivity index (χ1) is 13.7. The summed E-state index contributed by atoms with van der Waals surface area (Å²) in [4.78, 5) is 12.6. The number of benzene rings is 1. The van der Waals surface area contributed by atoms with Gasteiger partial charge in [-0.15, -0.1) is 0 Å². The van der Waals surface area contributed by atoms with Crippen LogP contribution in [0.1, 0.15) is 65.4 Å². The van der Waals surface area contributed by atoms with Gasteiger partial charge < -0.3 is 5.11 Å². The Bertz CT molecular complexity index is 1020. The Kier molecular flexibility index (Phi) is 5.47. The average molecular weight is 432 g/mol. The fourth-order valence-corrected chi connectivity index (χ4v) is 5.47. The first-order valence-electron chi connectivity index (χ1n) is 10.4. The van der Waals surface area contributed by atoms with Crippen LogP contribution in [0.2, 0.25) is 0 Å². The molecule has 5 nitrogen and oxygen atoms in total. The average Bonchev–Trinajstić information content (AvgIpc) is 2.64. The molecule has 164 valence electrons. The van der Waals surface area contributed by atoms with Gasteiger partial charge in [-0.25, -0.2) is 8.42 Å². The van der Waals surface area contributed by atoms with Crippen molar-refractivity contribution >= 4 is 21.7 Å². The van der Waals surface area contributed by atoms with Crippen LogP contribution in [0.25, 0.3) is 0 Å². The molecule has 3 rings (SSSR count). The molecule has 0 bridgehead atoms. The quantitative estimate of drug-likeness (QED) is 0.659. The summed E-state index contributed by atoms with van der Waals surface area (Å²) in [5.74, 6) is -1.09. The number of anilines is 1. The van der Waals surface area contributed by atoms with Gasteiger partial charge in [0, 0.05) is 11.6 Å². The first kappa shape index (κ1) is 22.6. The van der Waals surface area contributed by atoms with Gasteiger partial charge in [-0.3, -0.25) is 9.52 Å². The largest absolute Gasteiger partial charge is 0.481 e. The lowest BCUT2D eigenvalue weighted by Gasteiger charge is -2.48. The number of carboxylic acids is 1. The van der Waals surface area contributed by atoms with E-state index in [2.05, 4.69) is 38.5 Å². The van der Waals surface area contributed by atoms with E-state index in [0.29, 0.717) is 12.1 Å². The SMILES string of the molecule is CC(c1ccc(NS(C)(=O)=O)cc1)C1(C(=O)O)C=CC2=C(C1)C(C)(C)CCC2(C)C. The summed E-state index contributed by atoms with van der Waals surface area (Å²) in [6, 6.07) is 7.01. The van der Waals surface area contributed by atoms with Crippen LogP contribution < -0.4 is 4.72 Å². The molecule has 0 heterocycles. The summed E-state index contributed by atoms with van der Waals surface area (Å²) < 4.78 is 25.4. The molecule has 0 radical (unpaired) electrons. The van der Waals surface area contributed by atoms with Crippen molar-refractivity contribution in [2.24, 2.45) is 16.2 Å². The molecular formula is C24H33NO4S. The molecule has 2 N–H and O–H groups in total. The molecule has 0 aliphatic heterocycles. The molecule has 0 aromatic heterocycles. The molecule has 6 heteroatoms. The number of hydrogen-bond donors (Lipinski definition) is 2. The topological polar surface area (TPSA) is 83.5 Å². The minimum atomic E-state index is -3.36. The lowest BCUT2D eigenvalue weighted by molar-refractivity contribution is -0.147. The van der Waals surface area contributed by atoms with Crippen molar-refractivity contribution in [2.75, 3.05) is 11.0 Å². The number of allylic oxidation sites excluding steroid dienone is 3. The second kappa shape index (κ2) is 7.26. The van der Waals surface area contributed by atoms with Gasteiger partial charge in [-0.05, 0) is 53.4 Å². The minimum absolute atomic E-state index is 0.0285. The van der Waals surface area contributed by atoms with Gasteiger partial charge in [-0.2, -0.15) is 0 Å². The zero-order chi connectivity index (χ0) is 22.5. The molecule has 2 aliphatic rings. The van der Waals surface area contributed by atoms with Crippen LogP contribution in [0, 0.1) is 16.2 Å². The normalized spacial score (nSPS) is 26.1. The van der Waals surface area contributed by atoms with Crippen molar-refractivity contribution in [1.82, 2.24) is 0 Å². The van der Waals surface area contributed by atoms with Gasteiger partial charge in [0.25, 0.3) is 0 Å². The van der Waals surface area contributed by atoms with E-state index < -0.39 is 21.4 Å². The molecule has 1 aromatic rings. The Labute approximate surface area is 180 Å². The van der Waals surface area contributed by atoms with E-state index in [1.165, 1.54) is 11.1 Å². The third-order valence-corrected chi connectivity index (χ3v) is 7.75. The second-order valence-electron chi connectivity index (χ2n) is 10.2. The summed E-state index contributed by atoms with van der Waals surface area (Å²) in [6.45, 7) is 10.9. The van der Waals surface area contributed by atoms with Gasteiger partial charge in [0.2, 0.25) is 10.0 Å². The van der Waals surface area contributed by atoms with E-state index in [1.807, 2.05) is 25.1 Å². The lowest BCUT2D eigenvalue weighted by Crippen LogP contribution is -2.41. The molecule has 1 aromatic carbocycles. The molecule has 0 saturated heterocycles. The molecule has 2 atom stereocenters. The number of hydrogen-bond acceptors (Lipinski definition) is 3. The van der Waals surface area contributed by atoms with E-state index >= 15 is 0 Å². The maximum absolute atomic E-state index is 12.6. The lowest BCUT2D eigenvalue weighted by atomic mass is 9.55. The Morgan fingerprint density at radius 3 is 2.17 bits per heavy atom. The van der Waals surface area contributed by atoms with Gasteiger partial charge >= 0.3 is 5.97 Å². The molecule has 0 spiro atoms. The Hall–Kier alpha value is -2.08. The maximum atomic E-state index is 12.6. The zero-order valence-corrected chi connectivity index (χ0v) is 19.6.